The van der Waals surface area contributed by atoms with Gasteiger partial charge in [0.1, 0.15) is 5.82 Å². The fourth-order valence-electron chi connectivity index (χ4n) is 3.02. The van der Waals surface area contributed by atoms with Crippen LogP contribution < -0.4 is 11.2 Å². The Labute approximate surface area is 150 Å². The van der Waals surface area contributed by atoms with E-state index in [9.17, 15) is 9.18 Å². The maximum atomic E-state index is 13.9. The largest absolute Gasteiger partial charge is 0.353 e. The number of nitrogens with two attached hydrogens (primary N) is 1. The van der Waals surface area contributed by atoms with Crippen molar-refractivity contribution in [2.24, 2.45) is 0 Å². The van der Waals surface area contributed by atoms with Gasteiger partial charge in [0.2, 0.25) is 11.1 Å². The summed E-state index contributed by atoms with van der Waals surface area (Å²) in [4.78, 5) is 12.1. The van der Waals surface area contributed by atoms with Crippen LogP contribution in [0.15, 0.2) is 29.4 Å². The number of amides is 1. The van der Waals surface area contributed by atoms with Crippen molar-refractivity contribution in [2.75, 3.05) is 11.6 Å². The molecule has 1 heterocycles. The molecule has 1 aromatic heterocycles. The molecule has 8 heteroatoms. The van der Waals surface area contributed by atoms with Crippen LogP contribution in [0.25, 0.3) is 11.4 Å². The number of thioether (sulfide) groups is 1. The van der Waals surface area contributed by atoms with Crippen molar-refractivity contribution in [3.8, 4) is 11.4 Å². The molecule has 0 saturated heterocycles. The van der Waals surface area contributed by atoms with Gasteiger partial charge < -0.3 is 11.2 Å². The Morgan fingerprint density at radius 1 is 1.24 bits per heavy atom. The molecule has 0 aliphatic heterocycles. The van der Waals surface area contributed by atoms with Crippen molar-refractivity contribution in [2.45, 2.75) is 49.7 Å². The molecule has 1 aromatic carbocycles. The van der Waals surface area contributed by atoms with E-state index < -0.39 is 5.82 Å². The third kappa shape index (κ3) is 4.50. The molecule has 25 heavy (non-hydrogen) atoms. The smallest absolute Gasteiger partial charge is 0.230 e. The quantitative estimate of drug-likeness (QED) is 0.485. The molecule has 0 radical (unpaired) electrons. The minimum absolute atomic E-state index is 0.0349. The van der Waals surface area contributed by atoms with E-state index in [4.69, 9.17) is 5.84 Å². The summed E-state index contributed by atoms with van der Waals surface area (Å²) in [6, 6.07) is 6.51. The number of rotatable bonds is 5. The topological polar surface area (TPSA) is 85.8 Å². The van der Waals surface area contributed by atoms with Crippen molar-refractivity contribution >= 4 is 17.7 Å². The summed E-state index contributed by atoms with van der Waals surface area (Å²) in [5.74, 6) is 5.97. The van der Waals surface area contributed by atoms with Gasteiger partial charge in [0.15, 0.2) is 5.82 Å². The number of aromatic nitrogens is 3. The number of nitrogens with zero attached hydrogens (tertiary/aromatic N) is 3. The number of halogens is 1. The highest BCUT2D eigenvalue weighted by Crippen LogP contribution is 2.23. The van der Waals surface area contributed by atoms with Crippen LogP contribution >= 0.6 is 11.8 Å². The first-order valence-corrected chi connectivity index (χ1v) is 9.51. The molecule has 6 nitrogen and oxygen atoms in total. The second-order valence-corrected chi connectivity index (χ2v) is 7.14. The zero-order valence-corrected chi connectivity index (χ0v) is 14.8. The van der Waals surface area contributed by atoms with Gasteiger partial charge in [-0.05, 0) is 25.0 Å². The lowest BCUT2D eigenvalue weighted by Gasteiger charge is -2.15. The molecule has 134 valence electrons. The normalized spacial score (nSPS) is 15.7. The number of hydrogen-bond acceptors (Lipinski definition) is 5. The second kappa shape index (κ2) is 8.33. The first-order chi connectivity index (χ1) is 12.1. The van der Waals surface area contributed by atoms with Gasteiger partial charge in [-0.2, -0.15) is 0 Å². The standard InChI is InChI=1S/C17H22FN5OS/c18-14-10-6-5-9-13(14)16-21-22-17(23(16)19)25-11-15(24)20-12-7-3-1-2-4-8-12/h5-6,9-10,12H,1-4,7-8,11,19H2,(H,20,24). The van der Waals surface area contributed by atoms with Crippen LogP contribution in [0, 0.1) is 5.82 Å². The van der Waals surface area contributed by atoms with Crippen molar-refractivity contribution in [1.82, 2.24) is 20.2 Å². The molecule has 3 rings (SSSR count). The van der Waals surface area contributed by atoms with Gasteiger partial charge in [-0.1, -0.05) is 49.6 Å². The Morgan fingerprint density at radius 2 is 1.96 bits per heavy atom. The summed E-state index contributed by atoms with van der Waals surface area (Å²) >= 11 is 1.20. The lowest BCUT2D eigenvalue weighted by Crippen LogP contribution is -2.35. The molecule has 0 atom stereocenters. The summed E-state index contributed by atoms with van der Waals surface area (Å²) in [6.07, 6.45) is 6.91. The maximum absolute atomic E-state index is 13.9. The highest BCUT2D eigenvalue weighted by molar-refractivity contribution is 7.99. The minimum Gasteiger partial charge on any atom is -0.353 e. The molecule has 1 fully saturated rings. The Morgan fingerprint density at radius 3 is 2.68 bits per heavy atom. The van der Waals surface area contributed by atoms with Crippen LogP contribution in [0.1, 0.15) is 38.5 Å². The van der Waals surface area contributed by atoms with Crippen LogP contribution in [0.4, 0.5) is 4.39 Å². The van der Waals surface area contributed by atoms with Crippen LogP contribution in [0.3, 0.4) is 0 Å². The van der Waals surface area contributed by atoms with E-state index in [-0.39, 0.29) is 29.1 Å². The summed E-state index contributed by atoms with van der Waals surface area (Å²) in [5, 5.41) is 11.4. The van der Waals surface area contributed by atoms with Crippen molar-refractivity contribution in [3.63, 3.8) is 0 Å². The predicted molar refractivity (Wildman–Crippen MR) is 95.9 cm³/mol. The Hall–Kier alpha value is -2.09. The van der Waals surface area contributed by atoms with E-state index in [1.165, 1.54) is 48.2 Å². The van der Waals surface area contributed by atoms with Gasteiger partial charge >= 0.3 is 0 Å². The van der Waals surface area contributed by atoms with E-state index in [1.807, 2.05) is 0 Å². The average molecular weight is 363 g/mol. The van der Waals surface area contributed by atoms with Crippen LogP contribution in [-0.4, -0.2) is 32.6 Å². The number of nitrogens with one attached hydrogen (secondary N) is 1. The molecular weight excluding hydrogens is 341 g/mol. The lowest BCUT2D eigenvalue weighted by molar-refractivity contribution is -0.119. The number of hydrogen-bond donors (Lipinski definition) is 2. The summed E-state index contributed by atoms with van der Waals surface area (Å²) in [7, 11) is 0. The number of carbonyl (C=O) groups is 1. The third-order valence-electron chi connectivity index (χ3n) is 4.33. The van der Waals surface area contributed by atoms with E-state index in [2.05, 4.69) is 15.5 Å². The zero-order valence-electron chi connectivity index (χ0n) is 13.9. The van der Waals surface area contributed by atoms with Crippen LogP contribution in [0.5, 0.6) is 0 Å². The minimum atomic E-state index is -0.413. The van der Waals surface area contributed by atoms with E-state index in [1.54, 1.807) is 18.2 Å². The Balaban J connectivity index is 1.58. The summed E-state index contributed by atoms with van der Waals surface area (Å²) in [6.45, 7) is 0. The molecule has 1 aliphatic carbocycles. The summed E-state index contributed by atoms with van der Waals surface area (Å²) < 4.78 is 15.1. The number of carbonyl (C=O) groups excluding carboxylic acids is 1. The molecule has 1 amide bonds. The maximum Gasteiger partial charge on any atom is 0.230 e. The number of benzene rings is 1. The first kappa shape index (κ1) is 17.7. The molecule has 1 aliphatic rings. The van der Waals surface area contributed by atoms with E-state index in [0.717, 1.165) is 12.8 Å². The molecule has 0 spiro atoms. The van der Waals surface area contributed by atoms with Gasteiger partial charge in [-0.25, -0.2) is 9.07 Å². The van der Waals surface area contributed by atoms with E-state index in [0.29, 0.717) is 5.16 Å². The van der Waals surface area contributed by atoms with Crippen LogP contribution in [0.2, 0.25) is 0 Å². The predicted octanol–water partition coefficient (Wildman–Crippen LogP) is 2.73. The van der Waals surface area contributed by atoms with E-state index >= 15 is 0 Å². The van der Waals surface area contributed by atoms with Gasteiger partial charge in [-0.3, -0.25) is 4.79 Å². The van der Waals surface area contributed by atoms with Crippen molar-refractivity contribution < 1.29 is 9.18 Å². The Kier molecular flexibility index (Phi) is 5.91. The molecule has 3 N–H and O–H groups in total. The molecule has 0 unspecified atom stereocenters. The lowest BCUT2D eigenvalue weighted by atomic mass is 10.1. The van der Waals surface area contributed by atoms with Gasteiger partial charge in [0.05, 0.1) is 11.3 Å². The molecule has 2 aromatic rings. The van der Waals surface area contributed by atoms with Gasteiger partial charge in [0.25, 0.3) is 0 Å². The third-order valence-corrected chi connectivity index (χ3v) is 5.28. The molecule has 1 saturated carbocycles. The first-order valence-electron chi connectivity index (χ1n) is 8.52. The zero-order chi connectivity index (χ0) is 17.6. The van der Waals surface area contributed by atoms with Crippen molar-refractivity contribution in [1.29, 1.82) is 0 Å². The highest BCUT2D eigenvalue weighted by atomic mass is 32.2. The van der Waals surface area contributed by atoms with Gasteiger partial charge in [-0.15, -0.1) is 10.2 Å². The molecular formula is C17H22FN5OS. The monoisotopic (exact) mass is 363 g/mol. The Bertz CT molecular complexity index is 728. The van der Waals surface area contributed by atoms with Crippen LogP contribution in [-0.2, 0) is 4.79 Å². The highest BCUT2D eigenvalue weighted by Gasteiger charge is 2.18. The van der Waals surface area contributed by atoms with Crippen molar-refractivity contribution in [3.05, 3.63) is 30.1 Å². The number of nitrogen functional groups attached to an aromatic ring is 1. The second-order valence-electron chi connectivity index (χ2n) is 6.20. The van der Waals surface area contributed by atoms with Gasteiger partial charge in [0, 0.05) is 6.04 Å². The molecule has 0 bridgehead atoms. The SMILES string of the molecule is Nn1c(SCC(=O)NC2CCCCCC2)nnc1-c1ccccc1F. The fraction of sp³-hybridized carbons (Fsp3) is 0.471. The average Bonchev–Trinajstić information content (AvgIpc) is 2.80. The summed E-state index contributed by atoms with van der Waals surface area (Å²) in [5.41, 5.74) is 0.284. The fourth-order valence-corrected chi connectivity index (χ4v) is 3.69.